The maximum atomic E-state index is 6.13. The molecule has 0 bridgehead atoms. The highest BCUT2D eigenvalue weighted by Gasteiger charge is 2.25. The Morgan fingerprint density at radius 2 is 2.11 bits per heavy atom. The van der Waals surface area contributed by atoms with E-state index in [1.54, 1.807) is 0 Å². The molecular weight excluding hydrogens is 238 g/mol. The van der Waals surface area contributed by atoms with Crippen LogP contribution in [0, 0.1) is 0 Å². The Morgan fingerprint density at radius 1 is 1.32 bits per heavy atom. The summed E-state index contributed by atoms with van der Waals surface area (Å²) in [4.78, 5) is 4.45. The van der Waals surface area contributed by atoms with Crippen molar-refractivity contribution >= 4 is 0 Å². The third-order valence-corrected chi connectivity index (χ3v) is 4.02. The Labute approximate surface area is 113 Å². The molecule has 2 N–H and O–H groups in total. The topological polar surface area (TPSA) is 64.9 Å². The van der Waals surface area contributed by atoms with Crippen LogP contribution in [0.4, 0.5) is 0 Å². The summed E-state index contributed by atoms with van der Waals surface area (Å²) in [5, 5.41) is 4.02. The quantitative estimate of drug-likeness (QED) is 0.918. The molecule has 0 fully saturated rings. The third-order valence-electron chi connectivity index (χ3n) is 4.02. The van der Waals surface area contributed by atoms with E-state index < -0.39 is 5.54 Å². The fourth-order valence-corrected chi connectivity index (χ4v) is 2.44. The van der Waals surface area contributed by atoms with Crippen LogP contribution in [0.3, 0.4) is 0 Å². The van der Waals surface area contributed by atoms with Crippen LogP contribution >= 0.6 is 0 Å². The van der Waals surface area contributed by atoms with Crippen molar-refractivity contribution in [1.82, 2.24) is 10.1 Å². The van der Waals surface area contributed by atoms with Gasteiger partial charge in [-0.25, -0.2) is 0 Å². The second-order valence-corrected chi connectivity index (χ2v) is 5.53. The predicted molar refractivity (Wildman–Crippen MR) is 73.6 cm³/mol. The minimum absolute atomic E-state index is 0.529. The Hall–Kier alpha value is -1.68. The highest BCUT2D eigenvalue weighted by molar-refractivity contribution is 5.56. The number of benzene rings is 1. The number of hydrogen-bond acceptors (Lipinski definition) is 4. The number of aryl methyl sites for hydroxylation is 2. The third kappa shape index (κ3) is 2.16. The van der Waals surface area contributed by atoms with Gasteiger partial charge in [0.1, 0.15) is 0 Å². The van der Waals surface area contributed by atoms with Gasteiger partial charge in [0, 0.05) is 5.56 Å². The summed E-state index contributed by atoms with van der Waals surface area (Å²) in [6.45, 7) is 3.94. The molecule has 3 rings (SSSR count). The summed E-state index contributed by atoms with van der Waals surface area (Å²) in [5.41, 5.74) is 9.45. The van der Waals surface area contributed by atoms with Crippen molar-refractivity contribution in [3.8, 4) is 11.5 Å². The molecule has 1 aliphatic carbocycles. The Bertz CT molecular complexity index is 601. The zero-order valence-corrected chi connectivity index (χ0v) is 11.4. The van der Waals surface area contributed by atoms with Gasteiger partial charge in [0.15, 0.2) is 5.82 Å². The van der Waals surface area contributed by atoms with E-state index in [2.05, 4.69) is 28.3 Å². The van der Waals surface area contributed by atoms with Gasteiger partial charge in [-0.1, -0.05) is 18.1 Å². The molecule has 0 aliphatic heterocycles. The van der Waals surface area contributed by atoms with Crippen molar-refractivity contribution < 1.29 is 4.52 Å². The van der Waals surface area contributed by atoms with Gasteiger partial charge in [0.25, 0.3) is 5.89 Å². The SMILES string of the molecule is CCC(C)(N)c1noc(-c2ccc3c(c2)CCC3)n1. The summed E-state index contributed by atoms with van der Waals surface area (Å²) in [7, 11) is 0. The van der Waals surface area contributed by atoms with E-state index in [9.17, 15) is 0 Å². The molecule has 1 aromatic heterocycles. The largest absolute Gasteiger partial charge is 0.334 e. The average Bonchev–Trinajstić information content (AvgIpc) is 3.06. The van der Waals surface area contributed by atoms with Crippen molar-refractivity contribution in [3.05, 3.63) is 35.2 Å². The lowest BCUT2D eigenvalue weighted by Gasteiger charge is -2.16. The molecule has 0 spiro atoms. The molecule has 1 unspecified atom stereocenters. The normalized spacial score (nSPS) is 17.2. The zero-order valence-electron chi connectivity index (χ0n) is 11.4. The van der Waals surface area contributed by atoms with Crippen molar-refractivity contribution in [3.63, 3.8) is 0 Å². The molecule has 0 saturated heterocycles. The molecule has 0 saturated carbocycles. The van der Waals surface area contributed by atoms with Crippen LogP contribution < -0.4 is 5.73 Å². The molecule has 100 valence electrons. The summed E-state index contributed by atoms with van der Waals surface area (Å²) < 4.78 is 5.36. The molecule has 1 heterocycles. The van der Waals surface area contributed by atoms with Crippen molar-refractivity contribution in [2.45, 2.75) is 45.1 Å². The van der Waals surface area contributed by atoms with Gasteiger partial charge in [-0.2, -0.15) is 4.98 Å². The number of rotatable bonds is 3. The molecule has 0 amide bonds. The van der Waals surface area contributed by atoms with Crippen molar-refractivity contribution in [1.29, 1.82) is 0 Å². The molecular formula is C15H19N3O. The first kappa shape index (κ1) is 12.4. The van der Waals surface area contributed by atoms with E-state index in [-0.39, 0.29) is 0 Å². The van der Waals surface area contributed by atoms with Gasteiger partial charge in [0.2, 0.25) is 0 Å². The van der Waals surface area contributed by atoms with Crippen LogP contribution in [-0.4, -0.2) is 10.1 Å². The van der Waals surface area contributed by atoms with Gasteiger partial charge in [0.05, 0.1) is 5.54 Å². The van der Waals surface area contributed by atoms with Crippen LogP contribution in [0.15, 0.2) is 22.7 Å². The average molecular weight is 257 g/mol. The Morgan fingerprint density at radius 3 is 2.89 bits per heavy atom. The Balaban J connectivity index is 1.95. The maximum Gasteiger partial charge on any atom is 0.258 e. The lowest BCUT2D eigenvalue weighted by molar-refractivity contribution is 0.379. The minimum Gasteiger partial charge on any atom is -0.334 e. The first-order valence-corrected chi connectivity index (χ1v) is 6.85. The highest BCUT2D eigenvalue weighted by Crippen LogP contribution is 2.28. The number of aromatic nitrogens is 2. The van der Waals surface area contributed by atoms with Crippen LogP contribution in [-0.2, 0) is 18.4 Å². The van der Waals surface area contributed by atoms with Gasteiger partial charge in [-0.05, 0) is 55.9 Å². The molecule has 2 aromatic rings. The molecule has 1 aromatic carbocycles. The molecule has 19 heavy (non-hydrogen) atoms. The van der Waals surface area contributed by atoms with Gasteiger partial charge in [-0.15, -0.1) is 0 Å². The number of fused-ring (bicyclic) bond motifs is 1. The number of hydrogen-bond donors (Lipinski definition) is 1. The van der Waals surface area contributed by atoms with Crippen molar-refractivity contribution in [2.24, 2.45) is 5.73 Å². The molecule has 1 atom stereocenters. The lowest BCUT2D eigenvalue weighted by Crippen LogP contribution is -2.33. The monoisotopic (exact) mass is 257 g/mol. The van der Waals surface area contributed by atoms with Crippen LogP contribution in [0.2, 0.25) is 0 Å². The molecule has 4 heteroatoms. The second-order valence-electron chi connectivity index (χ2n) is 5.53. The summed E-state index contributed by atoms with van der Waals surface area (Å²) >= 11 is 0. The number of nitrogens with two attached hydrogens (primary N) is 1. The van der Waals surface area contributed by atoms with E-state index in [0.29, 0.717) is 11.7 Å². The van der Waals surface area contributed by atoms with Crippen LogP contribution in [0.25, 0.3) is 11.5 Å². The van der Waals surface area contributed by atoms with E-state index >= 15 is 0 Å². The summed E-state index contributed by atoms with van der Waals surface area (Å²) in [6.07, 6.45) is 4.34. The van der Waals surface area contributed by atoms with Gasteiger partial charge < -0.3 is 10.3 Å². The first-order chi connectivity index (χ1) is 9.10. The molecule has 4 nitrogen and oxygen atoms in total. The second kappa shape index (κ2) is 4.46. The van der Waals surface area contributed by atoms with Crippen LogP contribution in [0.1, 0.15) is 43.6 Å². The maximum absolute atomic E-state index is 6.13. The lowest BCUT2D eigenvalue weighted by atomic mass is 10.00. The smallest absolute Gasteiger partial charge is 0.258 e. The van der Waals surface area contributed by atoms with E-state index in [4.69, 9.17) is 10.3 Å². The highest BCUT2D eigenvalue weighted by atomic mass is 16.5. The van der Waals surface area contributed by atoms with Crippen molar-refractivity contribution in [2.75, 3.05) is 0 Å². The van der Waals surface area contributed by atoms with Crippen LogP contribution in [0.5, 0.6) is 0 Å². The Kier molecular flexibility index (Phi) is 2.90. The van der Waals surface area contributed by atoms with E-state index in [1.807, 2.05) is 13.8 Å². The minimum atomic E-state index is -0.529. The fourth-order valence-electron chi connectivity index (χ4n) is 2.44. The predicted octanol–water partition coefficient (Wildman–Crippen LogP) is 2.81. The van der Waals surface area contributed by atoms with E-state index in [1.165, 1.54) is 24.0 Å². The summed E-state index contributed by atoms with van der Waals surface area (Å²) in [6, 6.07) is 6.39. The number of nitrogens with zero attached hydrogens (tertiary/aromatic N) is 2. The van der Waals surface area contributed by atoms with Gasteiger partial charge >= 0.3 is 0 Å². The molecule has 1 aliphatic rings. The summed E-state index contributed by atoms with van der Waals surface area (Å²) in [5.74, 6) is 1.14. The molecule has 0 radical (unpaired) electrons. The van der Waals surface area contributed by atoms with Gasteiger partial charge in [-0.3, -0.25) is 0 Å². The fraction of sp³-hybridized carbons (Fsp3) is 0.467. The first-order valence-electron chi connectivity index (χ1n) is 6.85. The van der Waals surface area contributed by atoms with E-state index in [0.717, 1.165) is 18.4 Å². The zero-order chi connectivity index (χ0) is 13.5. The standard InChI is InChI=1S/C15H19N3O/c1-3-15(2,16)14-17-13(19-18-14)12-8-7-10-5-4-6-11(10)9-12/h7-9H,3-6,16H2,1-2H3.